The Hall–Kier alpha value is -0.990. The molecule has 0 aromatic carbocycles. The second kappa shape index (κ2) is 3.76. The van der Waals surface area contributed by atoms with Gasteiger partial charge in [0, 0.05) is 18.5 Å². The molecule has 3 aliphatic rings. The van der Waals surface area contributed by atoms with Crippen molar-refractivity contribution in [3.8, 4) is 0 Å². The van der Waals surface area contributed by atoms with E-state index in [0.717, 1.165) is 11.8 Å². The van der Waals surface area contributed by atoms with Crippen LogP contribution >= 0.6 is 0 Å². The molecule has 2 aliphatic carbocycles. The lowest BCUT2D eigenvalue weighted by Crippen LogP contribution is -2.29. The second-order valence-electron chi connectivity index (χ2n) is 6.02. The lowest BCUT2D eigenvalue weighted by molar-refractivity contribution is 0.344. The fraction of sp³-hybridized carbons (Fsp3) is 0.786. The summed E-state index contributed by atoms with van der Waals surface area (Å²) in [6.45, 7) is 1.17. The highest BCUT2D eigenvalue weighted by Gasteiger charge is 2.35. The molecule has 1 aromatic rings. The van der Waals surface area contributed by atoms with Crippen molar-refractivity contribution in [2.24, 2.45) is 5.92 Å². The van der Waals surface area contributed by atoms with Gasteiger partial charge >= 0.3 is 0 Å². The van der Waals surface area contributed by atoms with Crippen LogP contribution in [-0.4, -0.2) is 16.3 Å². The van der Waals surface area contributed by atoms with Crippen LogP contribution < -0.4 is 5.32 Å². The summed E-state index contributed by atoms with van der Waals surface area (Å²) in [6.07, 6.45) is 9.60. The van der Waals surface area contributed by atoms with Crippen LogP contribution in [-0.2, 0) is 0 Å². The summed E-state index contributed by atoms with van der Waals surface area (Å²) in [5, 5.41) is 8.51. The van der Waals surface area contributed by atoms with Crippen LogP contribution in [0.25, 0.3) is 0 Å². The Morgan fingerprint density at radius 1 is 1.12 bits per heavy atom. The van der Waals surface area contributed by atoms with Crippen LogP contribution in [0.5, 0.6) is 0 Å². The van der Waals surface area contributed by atoms with Crippen molar-refractivity contribution in [1.82, 2.24) is 9.78 Å². The van der Waals surface area contributed by atoms with Crippen molar-refractivity contribution < 1.29 is 0 Å². The van der Waals surface area contributed by atoms with E-state index in [2.05, 4.69) is 16.1 Å². The molecule has 2 unspecified atom stereocenters. The van der Waals surface area contributed by atoms with Crippen LogP contribution in [0.15, 0.2) is 6.07 Å². The minimum absolute atomic E-state index is 0.696. The molecular weight excluding hydrogens is 210 g/mol. The second-order valence-corrected chi connectivity index (χ2v) is 6.02. The number of anilines is 1. The Bertz CT molecular complexity index is 417. The zero-order valence-corrected chi connectivity index (χ0v) is 10.4. The topological polar surface area (TPSA) is 29.9 Å². The molecule has 2 saturated carbocycles. The molecule has 0 spiro atoms. The van der Waals surface area contributed by atoms with Gasteiger partial charge in [-0.05, 0) is 31.6 Å². The summed E-state index contributed by atoms with van der Waals surface area (Å²) in [4.78, 5) is 0. The van der Waals surface area contributed by atoms with Crippen molar-refractivity contribution in [3.05, 3.63) is 11.8 Å². The summed E-state index contributed by atoms with van der Waals surface area (Å²) >= 11 is 0. The first kappa shape index (κ1) is 9.98. The third-order valence-electron chi connectivity index (χ3n) is 5.01. The maximum Gasteiger partial charge on any atom is 0.124 e. The van der Waals surface area contributed by atoms with Crippen molar-refractivity contribution in [2.75, 3.05) is 11.9 Å². The summed E-state index contributed by atoms with van der Waals surface area (Å²) in [6, 6.07) is 3.02. The average Bonchev–Trinajstić information content (AvgIpc) is 3.08. The summed E-state index contributed by atoms with van der Waals surface area (Å²) in [5.41, 5.74) is 1.36. The molecule has 3 heteroatoms. The van der Waals surface area contributed by atoms with E-state index in [4.69, 9.17) is 5.10 Å². The number of hydrogen-bond donors (Lipinski definition) is 1. The molecule has 92 valence electrons. The first-order valence-electron chi connectivity index (χ1n) is 7.25. The molecule has 1 N–H and O–H groups in total. The molecule has 0 saturated heterocycles. The van der Waals surface area contributed by atoms with E-state index in [-0.39, 0.29) is 0 Å². The minimum atomic E-state index is 0.696. The van der Waals surface area contributed by atoms with Gasteiger partial charge in [-0.3, -0.25) is 0 Å². The van der Waals surface area contributed by atoms with Gasteiger partial charge in [0.25, 0.3) is 0 Å². The Kier molecular flexibility index (Phi) is 2.20. The third kappa shape index (κ3) is 1.51. The largest absolute Gasteiger partial charge is 0.370 e. The normalized spacial score (nSPS) is 32.2. The molecule has 0 bridgehead atoms. The van der Waals surface area contributed by atoms with E-state index in [0.29, 0.717) is 6.04 Å². The molecule has 2 heterocycles. The van der Waals surface area contributed by atoms with Gasteiger partial charge in [0.1, 0.15) is 5.82 Å². The van der Waals surface area contributed by atoms with E-state index in [1.165, 1.54) is 63.0 Å². The Labute approximate surface area is 103 Å². The number of nitrogens with one attached hydrogen (secondary N) is 1. The molecule has 2 atom stereocenters. The van der Waals surface area contributed by atoms with Crippen LogP contribution in [0, 0.1) is 5.92 Å². The predicted octanol–water partition coefficient (Wildman–Crippen LogP) is 3.31. The minimum Gasteiger partial charge on any atom is -0.370 e. The zero-order chi connectivity index (χ0) is 11.2. The molecule has 2 fully saturated rings. The molecule has 17 heavy (non-hydrogen) atoms. The molecule has 0 amide bonds. The van der Waals surface area contributed by atoms with Crippen molar-refractivity contribution in [3.63, 3.8) is 0 Å². The van der Waals surface area contributed by atoms with Crippen molar-refractivity contribution in [2.45, 2.75) is 56.9 Å². The highest BCUT2D eigenvalue weighted by atomic mass is 15.4. The lowest BCUT2D eigenvalue weighted by atomic mass is 10.0. The molecule has 3 nitrogen and oxygen atoms in total. The predicted molar refractivity (Wildman–Crippen MR) is 68.3 cm³/mol. The van der Waals surface area contributed by atoms with Gasteiger partial charge in [0.15, 0.2) is 0 Å². The van der Waals surface area contributed by atoms with Gasteiger partial charge in [-0.2, -0.15) is 5.10 Å². The molecule has 0 radical (unpaired) electrons. The summed E-state index contributed by atoms with van der Waals surface area (Å²) < 4.78 is 2.31. The maximum atomic E-state index is 4.93. The van der Waals surface area contributed by atoms with E-state index in [9.17, 15) is 0 Å². The van der Waals surface area contributed by atoms with E-state index >= 15 is 0 Å². The van der Waals surface area contributed by atoms with Crippen molar-refractivity contribution in [1.29, 1.82) is 0 Å². The van der Waals surface area contributed by atoms with E-state index < -0.39 is 0 Å². The van der Waals surface area contributed by atoms with Gasteiger partial charge in [0.05, 0.1) is 11.7 Å². The van der Waals surface area contributed by atoms with Gasteiger partial charge in [-0.25, -0.2) is 4.68 Å². The number of nitrogens with zero attached hydrogens (tertiary/aromatic N) is 2. The first-order chi connectivity index (χ1) is 8.42. The monoisotopic (exact) mass is 231 g/mol. The van der Waals surface area contributed by atoms with Crippen LogP contribution in [0.2, 0.25) is 0 Å². The smallest absolute Gasteiger partial charge is 0.124 e. The Balaban J connectivity index is 1.68. The molecular formula is C14H21N3. The van der Waals surface area contributed by atoms with E-state index in [1.807, 2.05) is 0 Å². The van der Waals surface area contributed by atoms with Crippen LogP contribution in [0.3, 0.4) is 0 Å². The molecule has 4 rings (SSSR count). The van der Waals surface area contributed by atoms with Gasteiger partial charge < -0.3 is 5.32 Å². The fourth-order valence-electron chi connectivity index (χ4n) is 4.03. The van der Waals surface area contributed by atoms with Gasteiger partial charge in [-0.1, -0.05) is 19.3 Å². The standard InChI is InChI=1S/C14H21N3/c1-2-5-10(4-1)12-8-14-15-9-11-6-3-7-13(11)17(14)16-12/h8,10-11,13,15H,1-7,9H2. The highest BCUT2D eigenvalue weighted by molar-refractivity contribution is 5.41. The van der Waals surface area contributed by atoms with Gasteiger partial charge in [-0.15, -0.1) is 0 Å². The number of hydrogen-bond acceptors (Lipinski definition) is 2. The third-order valence-corrected chi connectivity index (χ3v) is 5.01. The summed E-state index contributed by atoms with van der Waals surface area (Å²) in [7, 11) is 0. The maximum absolute atomic E-state index is 4.93. The van der Waals surface area contributed by atoms with E-state index in [1.54, 1.807) is 0 Å². The highest BCUT2D eigenvalue weighted by Crippen LogP contribution is 2.42. The summed E-state index contributed by atoms with van der Waals surface area (Å²) in [5.74, 6) is 2.86. The fourth-order valence-corrected chi connectivity index (χ4v) is 4.03. The van der Waals surface area contributed by atoms with Crippen molar-refractivity contribution >= 4 is 5.82 Å². The number of rotatable bonds is 1. The lowest BCUT2D eigenvalue weighted by Gasteiger charge is -2.28. The van der Waals surface area contributed by atoms with Crippen LogP contribution in [0.4, 0.5) is 5.82 Å². The SMILES string of the molecule is c1c(C2CCCC2)nn2c1NCC1CCCC12. The number of fused-ring (bicyclic) bond motifs is 3. The zero-order valence-electron chi connectivity index (χ0n) is 10.4. The quantitative estimate of drug-likeness (QED) is 0.803. The first-order valence-corrected chi connectivity index (χ1v) is 7.25. The Morgan fingerprint density at radius 2 is 2.00 bits per heavy atom. The van der Waals surface area contributed by atoms with Gasteiger partial charge in [0.2, 0.25) is 0 Å². The van der Waals surface area contributed by atoms with Crippen LogP contribution in [0.1, 0.15) is 62.6 Å². The number of aromatic nitrogens is 2. The Morgan fingerprint density at radius 3 is 2.88 bits per heavy atom. The molecule has 1 aromatic heterocycles. The average molecular weight is 231 g/mol. The molecule has 1 aliphatic heterocycles.